The van der Waals surface area contributed by atoms with Crippen LogP contribution >= 0.6 is 0 Å². The van der Waals surface area contributed by atoms with Crippen molar-refractivity contribution in [3.8, 4) is 0 Å². The molecule has 6 heavy (non-hydrogen) atoms. The van der Waals surface area contributed by atoms with Gasteiger partial charge in [-0.15, -0.1) is 0 Å². The summed E-state index contributed by atoms with van der Waals surface area (Å²) < 4.78 is 0. The van der Waals surface area contributed by atoms with Crippen LogP contribution in [0.15, 0.2) is 18.7 Å². The second-order valence-corrected chi connectivity index (χ2v) is 0.761. The monoisotopic (exact) mass is 154 g/mol. The molecule has 1 heterocycles. The summed E-state index contributed by atoms with van der Waals surface area (Å²) in [6.07, 6.45) is 5.08. The summed E-state index contributed by atoms with van der Waals surface area (Å²) in [7, 11) is 0. The fourth-order valence-electron chi connectivity index (χ4n) is 0.215. The maximum atomic E-state index is 3.67. The van der Waals surface area contributed by atoms with E-state index in [-0.39, 0.29) is 59.6 Å². The minimum absolute atomic E-state index is 0. The Kier molecular flexibility index (Phi) is 4.89. The van der Waals surface area contributed by atoms with Gasteiger partial charge in [0.1, 0.15) is 0 Å². The van der Waals surface area contributed by atoms with Crippen molar-refractivity contribution in [2.45, 2.75) is 0 Å². The number of H-pyrrole nitrogens is 1. The molecular weight excluding hydrogens is 150 g/mol. The van der Waals surface area contributed by atoms with Gasteiger partial charge in [-0.1, -0.05) is 0 Å². The van der Waals surface area contributed by atoms with Crippen LogP contribution in [0.2, 0.25) is 0 Å². The number of imidazole rings is 1. The quantitative estimate of drug-likeness (QED) is 0.441. The molecule has 0 bridgehead atoms. The maximum absolute atomic E-state index is 3.67. The van der Waals surface area contributed by atoms with Crippen molar-refractivity contribution in [1.29, 1.82) is 0 Å². The second-order valence-electron chi connectivity index (χ2n) is 0.761. The van der Waals surface area contributed by atoms with Gasteiger partial charge in [-0.05, 0) is 0 Å². The largest absolute Gasteiger partial charge is 1.00 e. The van der Waals surface area contributed by atoms with Gasteiger partial charge < -0.3 is 6.41 Å². The van der Waals surface area contributed by atoms with Crippen molar-refractivity contribution in [1.82, 2.24) is 9.97 Å². The van der Waals surface area contributed by atoms with E-state index in [9.17, 15) is 0 Å². The van der Waals surface area contributed by atoms with Crippen LogP contribution in [0, 0.1) is 0 Å². The normalized spacial score (nSPS) is 6.67. The predicted molar refractivity (Wildman–Crippen MR) is 19.7 cm³/mol. The molecule has 1 aromatic rings. The molecule has 0 atom stereocenters. The van der Waals surface area contributed by atoms with E-state index in [0.717, 1.165) is 0 Å². The first kappa shape index (κ1) is 7.02. The Morgan fingerprint density at radius 1 is 1.67 bits per heavy atom. The molecule has 28 valence electrons. The summed E-state index contributed by atoms with van der Waals surface area (Å²) in [6.45, 7) is 0. The smallest absolute Gasteiger partial charge is 1.00 e. The molecule has 0 saturated heterocycles. The second kappa shape index (κ2) is 4.18. The van der Waals surface area contributed by atoms with Crippen molar-refractivity contribution >= 4 is 0 Å². The Morgan fingerprint density at radius 3 is 2.67 bits per heavy atom. The first-order chi connectivity index (χ1) is 2.50. The van der Waals surface area contributed by atoms with E-state index >= 15 is 0 Å². The molecule has 0 aliphatic rings. The summed E-state index contributed by atoms with van der Waals surface area (Å²) in [5, 5.41) is 0. The molecule has 0 unspecified atom stereocenters. The van der Waals surface area contributed by atoms with E-state index in [4.69, 9.17) is 0 Å². The van der Waals surface area contributed by atoms with Gasteiger partial charge in [-0.2, -0.15) is 0 Å². The maximum Gasteiger partial charge on any atom is 1.00 e. The Bertz CT molecular complexity index is 69.4. The van der Waals surface area contributed by atoms with Gasteiger partial charge in [0, 0.05) is 12.4 Å². The molecule has 0 saturated carbocycles. The number of rotatable bonds is 0. The van der Waals surface area contributed by atoms with Crippen LogP contribution in [0.4, 0.5) is 0 Å². The number of nitrogens with zero attached hydrogens (tertiary/aromatic N) is 1. The molecule has 0 aliphatic carbocycles. The zero-order valence-corrected chi connectivity index (χ0v) is 8.60. The zero-order valence-electron chi connectivity index (χ0n) is 4.68. The van der Waals surface area contributed by atoms with Crippen molar-refractivity contribution in [2.75, 3.05) is 0 Å². The van der Waals surface area contributed by atoms with Crippen molar-refractivity contribution in [3.63, 3.8) is 0 Å². The van der Waals surface area contributed by atoms with Crippen LogP contribution in [-0.2, 0) is 0 Å². The topological polar surface area (TPSA) is 28.7 Å². The van der Waals surface area contributed by atoms with Gasteiger partial charge >= 0.3 is 58.2 Å². The molecule has 1 rings (SSSR count). The van der Waals surface area contributed by atoms with Crippen LogP contribution < -0.4 is 58.2 Å². The predicted octanol–water partition coefficient (Wildman–Crippen LogP) is -2.47. The molecular formula is C3H5N2Rb. The third kappa shape index (κ3) is 2.23. The van der Waals surface area contributed by atoms with Crippen molar-refractivity contribution in [2.24, 2.45) is 0 Å². The van der Waals surface area contributed by atoms with Gasteiger partial charge in [-0.25, -0.2) is 4.98 Å². The molecule has 2 nitrogen and oxygen atoms in total. The first-order valence-corrected chi connectivity index (χ1v) is 1.43. The van der Waals surface area contributed by atoms with Gasteiger partial charge in [0.15, 0.2) is 0 Å². The number of nitrogens with one attached hydrogen (secondary N) is 1. The molecule has 3 heteroatoms. The standard InChI is InChI=1S/C3H4N2.Rb.H/c1-2-5-3-4-1;;/h1-3H,(H,4,5);;/q;+1;-1. The molecule has 0 radical (unpaired) electrons. The SMILES string of the molecule is [H-].[Rb+].c1c[nH]cn1. The van der Waals surface area contributed by atoms with Crippen LogP contribution in [-0.4, -0.2) is 9.97 Å². The molecule has 1 N–H and O–H groups in total. The molecule has 1 aromatic heterocycles. The summed E-state index contributed by atoms with van der Waals surface area (Å²) in [6, 6.07) is 0. The van der Waals surface area contributed by atoms with Gasteiger partial charge in [-0.3, -0.25) is 0 Å². The Morgan fingerprint density at radius 2 is 2.50 bits per heavy atom. The summed E-state index contributed by atoms with van der Waals surface area (Å²) in [4.78, 5) is 6.42. The van der Waals surface area contributed by atoms with E-state index in [1.165, 1.54) is 0 Å². The third-order valence-corrected chi connectivity index (χ3v) is 0.406. The van der Waals surface area contributed by atoms with Crippen LogP contribution in [0.1, 0.15) is 1.43 Å². The van der Waals surface area contributed by atoms with E-state index < -0.39 is 0 Å². The number of hydrogen-bond acceptors (Lipinski definition) is 1. The van der Waals surface area contributed by atoms with E-state index in [0.29, 0.717) is 0 Å². The van der Waals surface area contributed by atoms with Crippen LogP contribution in [0.3, 0.4) is 0 Å². The number of aromatic amines is 1. The first-order valence-electron chi connectivity index (χ1n) is 1.43. The van der Waals surface area contributed by atoms with Gasteiger partial charge in [0.2, 0.25) is 0 Å². The van der Waals surface area contributed by atoms with Crippen LogP contribution in [0.25, 0.3) is 0 Å². The zero-order chi connectivity index (χ0) is 3.54. The van der Waals surface area contributed by atoms with Gasteiger partial charge in [0.25, 0.3) is 0 Å². The van der Waals surface area contributed by atoms with Crippen LogP contribution in [0.5, 0.6) is 0 Å². The van der Waals surface area contributed by atoms with E-state index in [2.05, 4.69) is 9.97 Å². The van der Waals surface area contributed by atoms with E-state index in [1.807, 2.05) is 0 Å². The molecule has 0 aliphatic heterocycles. The average Bonchev–Trinajstić information content (AvgIpc) is 1.76. The van der Waals surface area contributed by atoms with E-state index in [1.54, 1.807) is 18.7 Å². The summed E-state index contributed by atoms with van der Waals surface area (Å²) >= 11 is 0. The fourth-order valence-corrected chi connectivity index (χ4v) is 0.215. The number of aromatic nitrogens is 2. The Labute approximate surface area is 86.6 Å². The minimum atomic E-state index is 0. The summed E-state index contributed by atoms with van der Waals surface area (Å²) in [5.41, 5.74) is 0. The molecule has 0 spiro atoms. The average molecular weight is 155 g/mol. The molecule has 0 aromatic carbocycles. The third-order valence-electron chi connectivity index (χ3n) is 0.406. The van der Waals surface area contributed by atoms with Gasteiger partial charge in [0.05, 0.1) is 6.33 Å². The number of hydrogen-bond donors (Lipinski definition) is 1. The summed E-state index contributed by atoms with van der Waals surface area (Å²) in [5.74, 6) is 0. The van der Waals surface area contributed by atoms with Crippen molar-refractivity contribution < 1.29 is 59.6 Å². The Balaban J connectivity index is 0. The molecule has 0 amide bonds. The Hall–Kier alpha value is 1.02. The molecule has 0 fully saturated rings. The fraction of sp³-hybridized carbons (Fsp3) is 0. The minimum Gasteiger partial charge on any atom is -1.00 e. The van der Waals surface area contributed by atoms with Crippen molar-refractivity contribution in [3.05, 3.63) is 18.7 Å².